The van der Waals surface area contributed by atoms with E-state index >= 15 is 0 Å². The maximum atomic E-state index is 12.8. The standard InChI is InChI=1S/C20H17F3O2S/c21-20(22,23)16-8-4-5-13(9-16)12-26-19-17(24)10-15(11-18(19)25)14-6-2-1-3-7-14/h1-9,15,24H,10-12H2. The van der Waals surface area contributed by atoms with Crippen LogP contribution in [0.25, 0.3) is 0 Å². The second kappa shape index (κ2) is 7.58. The number of carbonyl (C=O) groups excluding carboxylic acids is 1. The van der Waals surface area contributed by atoms with Crippen LogP contribution in [0.15, 0.2) is 65.3 Å². The van der Waals surface area contributed by atoms with Gasteiger partial charge in [0.1, 0.15) is 5.76 Å². The molecule has 2 aromatic carbocycles. The predicted molar refractivity (Wildman–Crippen MR) is 95.8 cm³/mol. The largest absolute Gasteiger partial charge is 0.511 e. The van der Waals surface area contributed by atoms with Crippen molar-refractivity contribution >= 4 is 17.5 Å². The maximum absolute atomic E-state index is 12.8. The summed E-state index contributed by atoms with van der Waals surface area (Å²) >= 11 is 1.10. The van der Waals surface area contributed by atoms with Crippen LogP contribution in [0.5, 0.6) is 0 Å². The molecule has 3 rings (SSSR count). The summed E-state index contributed by atoms with van der Waals surface area (Å²) in [6, 6.07) is 14.5. The highest BCUT2D eigenvalue weighted by Gasteiger charge is 2.31. The van der Waals surface area contributed by atoms with Crippen molar-refractivity contribution in [2.45, 2.75) is 30.7 Å². The van der Waals surface area contributed by atoms with Gasteiger partial charge in [0.15, 0.2) is 5.78 Å². The monoisotopic (exact) mass is 378 g/mol. The number of alkyl halides is 3. The Morgan fingerprint density at radius 3 is 2.42 bits per heavy atom. The van der Waals surface area contributed by atoms with Crippen LogP contribution in [0, 0.1) is 0 Å². The number of rotatable bonds is 4. The normalized spacial score (nSPS) is 18.3. The number of halogens is 3. The van der Waals surface area contributed by atoms with Crippen LogP contribution in [-0.2, 0) is 16.7 Å². The molecule has 1 N–H and O–H groups in total. The van der Waals surface area contributed by atoms with E-state index in [9.17, 15) is 23.1 Å². The maximum Gasteiger partial charge on any atom is 0.416 e. The van der Waals surface area contributed by atoms with Gasteiger partial charge in [-0.25, -0.2) is 0 Å². The van der Waals surface area contributed by atoms with E-state index in [1.807, 2.05) is 30.3 Å². The molecular weight excluding hydrogens is 361 g/mol. The van der Waals surface area contributed by atoms with Crippen molar-refractivity contribution in [1.82, 2.24) is 0 Å². The Bertz CT molecular complexity index is 828. The van der Waals surface area contributed by atoms with Crippen molar-refractivity contribution in [3.63, 3.8) is 0 Å². The lowest BCUT2D eigenvalue weighted by Crippen LogP contribution is -2.17. The molecular formula is C20H17F3O2S. The lowest BCUT2D eigenvalue weighted by molar-refractivity contribution is -0.137. The summed E-state index contributed by atoms with van der Waals surface area (Å²) in [6.07, 6.45) is -3.74. The van der Waals surface area contributed by atoms with E-state index in [0.29, 0.717) is 18.4 Å². The molecule has 0 aliphatic heterocycles. The molecule has 136 valence electrons. The number of thioether (sulfide) groups is 1. The summed E-state index contributed by atoms with van der Waals surface area (Å²) in [5.74, 6) is -0.0151. The van der Waals surface area contributed by atoms with E-state index in [0.717, 1.165) is 29.5 Å². The SMILES string of the molecule is O=C1CC(c2ccccc2)CC(O)=C1SCc1cccc(C(F)(F)F)c1. The molecule has 0 aromatic heterocycles. The quantitative estimate of drug-likeness (QED) is 0.725. The van der Waals surface area contributed by atoms with Gasteiger partial charge in [-0.2, -0.15) is 13.2 Å². The summed E-state index contributed by atoms with van der Waals surface area (Å²) in [5.41, 5.74) is 0.741. The summed E-state index contributed by atoms with van der Waals surface area (Å²) < 4.78 is 38.3. The molecule has 26 heavy (non-hydrogen) atoms. The third kappa shape index (κ3) is 4.30. The first-order chi connectivity index (χ1) is 12.3. The topological polar surface area (TPSA) is 37.3 Å². The van der Waals surface area contributed by atoms with Crippen LogP contribution in [0.4, 0.5) is 13.2 Å². The zero-order valence-electron chi connectivity index (χ0n) is 13.8. The molecule has 0 radical (unpaired) electrons. The number of hydrogen-bond donors (Lipinski definition) is 1. The zero-order chi connectivity index (χ0) is 18.7. The third-order valence-electron chi connectivity index (χ3n) is 4.30. The molecule has 0 fully saturated rings. The predicted octanol–water partition coefficient (Wildman–Crippen LogP) is 5.85. The molecule has 2 aromatic rings. The van der Waals surface area contributed by atoms with E-state index in [-0.39, 0.29) is 28.1 Å². The van der Waals surface area contributed by atoms with E-state index < -0.39 is 11.7 Å². The van der Waals surface area contributed by atoms with Gasteiger partial charge in [-0.1, -0.05) is 48.5 Å². The van der Waals surface area contributed by atoms with E-state index in [4.69, 9.17) is 0 Å². The minimum absolute atomic E-state index is 0.0204. The molecule has 0 amide bonds. The Morgan fingerprint density at radius 2 is 1.77 bits per heavy atom. The molecule has 6 heteroatoms. The Labute approximate surface area is 153 Å². The van der Waals surface area contributed by atoms with Crippen LogP contribution < -0.4 is 0 Å². The van der Waals surface area contributed by atoms with Gasteiger partial charge >= 0.3 is 6.18 Å². The van der Waals surface area contributed by atoms with E-state index in [1.165, 1.54) is 6.07 Å². The number of allylic oxidation sites excluding steroid dienone is 2. The number of hydrogen-bond acceptors (Lipinski definition) is 3. The van der Waals surface area contributed by atoms with E-state index in [1.54, 1.807) is 6.07 Å². The van der Waals surface area contributed by atoms with Crippen molar-refractivity contribution in [3.05, 3.63) is 82.0 Å². The van der Waals surface area contributed by atoms with Crippen molar-refractivity contribution in [3.8, 4) is 0 Å². The second-order valence-electron chi connectivity index (χ2n) is 6.20. The first-order valence-electron chi connectivity index (χ1n) is 8.14. The zero-order valence-corrected chi connectivity index (χ0v) is 14.6. The number of ketones is 1. The lowest BCUT2D eigenvalue weighted by Gasteiger charge is -2.23. The smallest absolute Gasteiger partial charge is 0.416 e. The van der Waals surface area contributed by atoms with Gasteiger partial charge in [0.2, 0.25) is 0 Å². The van der Waals surface area contributed by atoms with Crippen LogP contribution in [-0.4, -0.2) is 10.9 Å². The second-order valence-corrected chi connectivity index (χ2v) is 7.19. The van der Waals surface area contributed by atoms with Crippen molar-refractivity contribution in [1.29, 1.82) is 0 Å². The Balaban J connectivity index is 1.71. The molecule has 1 unspecified atom stereocenters. The fourth-order valence-corrected chi connectivity index (χ4v) is 3.98. The molecule has 0 bridgehead atoms. The minimum Gasteiger partial charge on any atom is -0.511 e. The van der Waals surface area contributed by atoms with Crippen LogP contribution in [0.2, 0.25) is 0 Å². The Kier molecular flexibility index (Phi) is 5.41. The number of aliphatic hydroxyl groups is 1. The molecule has 2 nitrogen and oxygen atoms in total. The number of benzene rings is 2. The lowest BCUT2D eigenvalue weighted by atomic mass is 9.86. The minimum atomic E-state index is -4.40. The third-order valence-corrected chi connectivity index (χ3v) is 5.53. The molecule has 1 atom stereocenters. The van der Waals surface area contributed by atoms with Gasteiger partial charge in [-0.05, 0) is 23.1 Å². The van der Waals surface area contributed by atoms with Crippen LogP contribution >= 0.6 is 11.8 Å². The summed E-state index contributed by atoms with van der Waals surface area (Å²) in [4.78, 5) is 12.7. The average Bonchev–Trinajstić information content (AvgIpc) is 2.61. The Hall–Kier alpha value is -2.21. The van der Waals surface area contributed by atoms with Gasteiger partial charge < -0.3 is 5.11 Å². The van der Waals surface area contributed by atoms with Crippen LogP contribution in [0.1, 0.15) is 35.4 Å². The number of carbonyl (C=O) groups is 1. The average molecular weight is 378 g/mol. The van der Waals surface area contributed by atoms with Gasteiger partial charge in [-0.3, -0.25) is 4.79 Å². The van der Waals surface area contributed by atoms with Gasteiger partial charge in [0, 0.05) is 18.6 Å². The van der Waals surface area contributed by atoms with Crippen molar-refractivity contribution in [2.75, 3.05) is 0 Å². The highest BCUT2D eigenvalue weighted by Crippen LogP contribution is 2.39. The fraction of sp³-hybridized carbons (Fsp3) is 0.250. The fourth-order valence-electron chi connectivity index (χ4n) is 2.99. The Morgan fingerprint density at radius 1 is 1.04 bits per heavy atom. The summed E-state index contributed by atoms with van der Waals surface area (Å²) in [6.45, 7) is 0. The number of Topliss-reactive ketones (excluding diaryl/α,β-unsaturated/α-hetero) is 1. The van der Waals surface area contributed by atoms with E-state index in [2.05, 4.69) is 0 Å². The first kappa shape index (κ1) is 18.6. The molecule has 0 saturated carbocycles. The van der Waals surface area contributed by atoms with Crippen molar-refractivity contribution < 1.29 is 23.1 Å². The highest BCUT2D eigenvalue weighted by atomic mass is 32.2. The summed E-state index contributed by atoms with van der Waals surface area (Å²) in [7, 11) is 0. The molecule has 1 aliphatic carbocycles. The van der Waals surface area contributed by atoms with Crippen LogP contribution in [0.3, 0.4) is 0 Å². The van der Waals surface area contributed by atoms with Gasteiger partial charge in [0.05, 0.1) is 10.5 Å². The molecule has 0 saturated heterocycles. The first-order valence-corrected chi connectivity index (χ1v) is 9.12. The molecule has 0 heterocycles. The number of aliphatic hydroxyl groups excluding tert-OH is 1. The molecule has 0 spiro atoms. The van der Waals surface area contributed by atoms with Crippen molar-refractivity contribution in [2.24, 2.45) is 0 Å². The van der Waals surface area contributed by atoms with Gasteiger partial charge in [0.25, 0.3) is 0 Å². The summed E-state index contributed by atoms with van der Waals surface area (Å²) in [5, 5.41) is 10.3. The van der Waals surface area contributed by atoms with Gasteiger partial charge in [-0.15, -0.1) is 11.8 Å². The highest BCUT2D eigenvalue weighted by molar-refractivity contribution is 8.03. The molecule has 1 aliphatic rings.